The number of carbonyl (C=O) groups excluding carboxylic acids is 1. The van der Waals surface area contributed by atoms with Crippen molar-refractivity contribution in [3.8, 4) is 0 Å². The largest absolute Gasteiger partial charge is 0.360 e. The van der Waals surface area contributed by atoms with Crippen LogP contribution in [0.5, 0.6) is 0 Å². The predicted octanol–water partition coefficient (Wildman–Crippen LogP) is 3.29. The van der Waals surface area contributed by atoms with Crippen molar-refractivity contribution in [3.63, 3.8) is 0 Å². The molecule has 1 amide bonds. The Balaban J connectivity index is 1.93. The van der Waals surface area contributed by atoms with Crippen LogP contribution in [0, 0.1) is 0 Å². The number of thiocarbonyl (C=S) groups is 1. The number of amides is 1. The molecule has 1 fully saturated rings. The molecule has 0 radical (unpaired) electrons. The van der Waals surface area contributed by atoms with Crippen LogP contribution in [0.4, 0.5) is 11.4 Å². The topological polar surface area (TPSA) is 44.4 Å². The summed E-state index contributed by atoms with van der Waals surface area (Å²) >= 11 is 5.32. The molecule has 114 valence electrons. The van der Waals surface area contributed by atoms with Gasteiger partial charge in [0.2, 0.25) is 5.91 Å². The predicted molar refractivity (Wildman–Crippen MR) is 91.8 cm³/mol. The molecule has 1 aliphatic rings. The molecule has 5 heteroatoms. The SMILES string of the molecule is CCC(CC)NC(=S)Nc1ccc(N2CCCC2=O)cc1. The smallest absolute Gasteiger partial charge is 0.227 e. The van der Waals surface area contributed by atoms with E-state index >= 15 is 0 Å². The molecule has 1 aliphatic heterocycles. The first-order chi connectivity index (χ1) is 10.1. The zero-order valence-electron chi connectivity index (χ0n) is 12.7. The molecular weight excluding hydrogens is 282 g/mol. The Labute approximate surface area is 131 Å². The normalized spacial score (nSPS) is 14.6. The zero-order valence-corrected chi connectivity index (χ0v) is 13.5. The molecule has 1 aromatic carbocycles. The summed E-state index contributed by atoms with van der Waals surface area (Å²) in [6.45, 7) is 5.11. The van der Waals surface area contributed by atoms with Crippen molar-refractivity contribution >= 4 is 34.6 Å². The molecule has 0 bridgehead atoms. The Bertz CT molecular complexity index is 497. The maximum Gasteiger partial charge on any atom is 0.227 e. The lowest BCUT2D eigenvalue weighted by atomic mass is 10.2. The van der Waals surface area contributed by atoms with Crippen molar-refractivity contribution in [1.29, 1.82) is 0 Å². The highest BCUT2D eigenvalue weighted by Crippen LogP contribution is 2.22. The van der Waals surface area contributed by atoms with E-state index in [0.29, 0.717) is 17.6 Å². The van der Waals surface area contributed by atoms with Crippen molar-refractivity contribution in [2.24, 2.45) is 0 Å². The first kappa shape index (κ1) is 15.8. The standard InChI is InChI=1S/C16H23N3OS/c1-3-12(4-2)17-16(21)18-13-7-9-14(10-8-13)19-11-5-6-15(19)20/h7-10,12H,3-6,11H2,1-2H3,(H2,17,18,21). The first-order valence-electron chi connectivity index (χ1n) is 7.62. The summed E-state index contributed by atoms with van der Waals surface area (Å²) in [5, 5.41) is 7.13. The third kappa shape index (κ3) is 4.17. The Morgan fingerprint density at radius 1 is 1.29 bits per heavy atom. The van der Waals surface area contributed by atoms with Crippen molar-refractivity contribution in [1.82, 2.24) is 5.32 Å². The van der Waals surface area contributed by atoms with Crippen molar-refractivity contribution in [2.45, 2.75) is 45.6 Å². The van der Waals surface area contributed by atoms with Gasteiger partial charge in [0.1, 0.15) is 0 Å². The lowest BCUT2D eigenvalue weighted by Gasteiger charge is -2.19. The molecule has 21 heavy (non-hydrogen) atoms. The van der Waals surface area contributed by atoms with E-state index < -0.39 is 0 Å². The number of benzene rings is 1. The number of carbonyl (C=O) groups is 1. The van der Waals surface area contributed by atoms with Crippen LogP contribution in [0.1, 0.15) is 39.5 Å². The van der Waals surface area contributed by atoms with E-state index in [1.165, 1.54) is 0 Å². The minimum absolute atomic E-state index is 0.210. The highest BCUT2D eigenvalue weighted by atomic mass is 32.1. The fourth-order valence-electron chi connectivity index (χ4n) is 2.49. The molecule has 0 unspecified atom stereocenters. The van der Waals surface area contributed by atoms with Gasteiger partial charge in [-0.2, -0.15) is 0 Å². The quantitative estimate of drug-likeness (QED) is 0.819. The van der Waals surface area contributed by atoms with Crippen molar-refractivity contribution in [3.05, 3.63) is 24.3 Å². The minimum atomic E-state index is 0.210. The van der Waals surface area contributed by atoms with Gasteiger partial charge in [0.15, 0.2) is 5.11 Å². The lowest BCUT2D eigenvalue weighted by molar-refractivity contribution is -0.117. The van der Waals surface area contributed by atoms with Crippen LogP contribution in [0.2, 0.25) is 0 Å². The van der Waals surface area contributed by atoms with Crippen LogP contribution in [-0.4, -0.2) is 23.6 Å². The Morgan fingerprint density at radius 2 is 1.95 bits per heavy atom. The van der Waals surface area contributed by atoms with Crippen LogP contribution in [-0.2, 0) is 4.79 Å². The Kier molecular flexibility index (Phi) is 5.56. The molecular formula is C16H23N3OS. The number of nitrogens with one attached hydrogen (secondary N) is 2. The van der Waals surface area contributed by atoms with E-state index in [-0.39, 0.29) is 5.91 Å². The number of hydrogen-bond acceptors (Lipinski definition) is 2. The Hall–Kier alpha value is -1.62. The second-order valence-corrected chi connectivity index (χ2v) is 5.72. The summed E-state index contributed by atoms with van der Waals surface area (Å²) in [5.41, 5.74) is 1.90. The molecule has 2 N–H and O–H groups in total. The molecule has 1 saturated heterocycles. The fourth-order valence-corrected chi connectivity index (χ4v) is 2.78. The van der Waals surface area contributed by atoms with E-state index in [1.807, 2.05) is 29.2 Å². The summed E-state index contributed by atoms with van der Waals surface area (Å²) in [7, 11) is 0. The van der Waals surface area contributed by atoms with Gasteiger partial charge in [-0.05, 0) is 55.7 Å². The maximum absolute atomic E-state index is 11.7. The minimum Gasteiger partial charge on any atom is -0.360 e. The molecule has 0 atom stereocenters. The summed E-state index contributed by atoms with van der Waals surface area (Å²) in [6.07, 6.45) is 3.70. The fraction of sp³-hybridized carbons (Fsp3) is 0.500. The molecule has 0 saturated carbocycles. The van der Waals surface area contributed by atoms with Crippen molar-refractivity contribution in [2.75, 3.05) is 16.8 Å². The summed E-state index contributed by atoms with van der Waals surface area (Å²) in [4.78, 5) is 13.5. The van der Waals surface area contributed by atoms with Crippen LogP contribution in [0.25, 0.3) is 0 Å². The molecule has 0 spiro atoms. The van der Waals surface area contributed by atoms with Gasteiger partial charge in [0, 0.05) is 30.4 Å². The second kappa shape index (κ2) is 7.41. The van der Waals surface area contributed by atoms with Crippen LogP contribution < -0.4 is 15.5 Å². The number of anilines is 2. The summed E-state index contributed by atoms with van der Waals surface area (Å²) in [6, 6.07) is 8.26. The van der Waals surface area contributed by atoms with Gasteiger partial charge in [-0.1, -0.05) is 13.8 Å². The highest BCUT2D eigenvalue weighted by molar-refractivity contribution is 7.80. The lowest BCUT2D eigenvalue weighted by Crippen LogP contribution is -2.36. The van der Waals surface area contributed by atoms with E-state index in [9.17, 15) is 4.79 Å². The van der Waals surface area contributed by atoms with Gasteiger partial charge in [-0.15, -0.1) is 0 Å². The van der Waals surface area contributed by atoms with Gasteiger partial charge in [-0.3, -0.25) is 4.79 Å². The first-order valence-corrected chi connectivity index (χ1v) is 8.02. The molecule has 0 aliphatic carbocycles. The average Bonchev–Trinajstić information content (AvgIpc) is 2.92. The number of hydrogen-bond donors (Lipinski definition) is 2. The maximum atomic E-state index is 11.7. The van der Waals surface area contributed by atoms with E-state index in [2.05, 4.69) is 24.5 Å². The van der Waals surface area contributed by atoms with Gasteiger partial charge >= 0.3 is 0 Å². The van der Waals surface area contributed by atoms with Crippen LogP contribution in [0.15, 0.2) is 24.3 Å². The third-order valence-corrected chi connectivity index (χ3v) is 4.05. The highest BCUT2D eigenvalue weighted by Gasteiger charge is 2.21. The third-order valence-electron chi connectivity index (χ3n) is 3.83. The van der Waals surface area contributed by atoms with Crippen LogP contribution in [0.3, 0.4) is 0 Å². The molecule has 1 aromatic rings. The van der Waals surface area contributed by atoms with E-state index in [4.69, 9.17) is 12.2 Å². The van der Waals surface area contributed by atoms with E-state index in [1.54, 1.807) is 0 Å². The molecule has 1 heterocycles. The summed E-state index contributed by atoms with van der Waals surface area (Å²) < 4.78 is 0. The van der Waals surface area contributed by atoms with Gasteiger partial charge in [0.25, 0.3) is 0 Å². The van der Waals surface area contributed by atoms with E-state index in [0.717, 1.165) is 37.2 Å². The van der Waals surface area contributed by atoms with Crippen LogP contribution >= 0.6 is 12.2 Å². The Morgan fingerprint density at radius 3 is 2.48 bits per heavy atom. The van der Waals surface area contributed by atoms with Crippen molar-refractivity contribution < 1.29 is 4.79 Å². The van der Waals surface area contributed by atoms with Gasteiger partial charge in [-0.25, -0.2) is 0 Å². The zero-order chi connectivity index (χ0) is 15.2. The summed E-state index contributed by atoms with van der Waals surface area (Å²) in [5.74, 6) is 0.210. The van der Waals surface area contributed by atoms with Gasteiger partial charge in [0.05, 0.1) is 0 Å². The second-order valence-electron chi connectivity index (χ2n) is 5.31. The van der Waals surface area contributed by atoms with Gasteiger partial charge < -0.3 is 15.5 Å². The monoisotopic (exact) mass is 305 g/mol. The molecule has 0 aromatic heterocycles. The molecule has 4 nitrogen and oxygen atoms in total. The number of rotatable bonds is 5. The molecule has 2 rings (SSSR count). The number of nitrogens with zero attached hydrogens (tertiary/aromatic N) is 1. The average molecular weight is 305 g/mol.